The number of hydrogen-bond acceptors (Lipinski definition) is 2. The summed E-state index contributed by atoms with van der Waals surface area (Å²) in [7, 11) is 0. The highest BCUT2D eigenvalue weighted by molar-refractivity contribution is 5.88. The zero-order valence-electron chi connectivity index (χ0n) is 17.7. The van der Waals surface area contributed by atoms with Crippen molar-refractivity contribution in [2.75, 3.05) is 6.54 Å². The van der Waals surface area contributed by atoms with Gasteiger partial charge in [0.05, 0.1) is 6.42 Å². The molecule has 0 heterocycles. The molecule has 2 amide bonds. The lowest BCUT2D eigenvalue weighted by Crippen LogP contribution is -2.49. The van der Waals surface area contributed by atoms with Crippen LogP contribution in [-0.4, -0.2) is 29.3 Å². The third-order valence-electron chi connectivity index (χ3n) is 4.98. The molecule has 4 nitrogen and oxygen atoms in total. The molecule has 0 aliphatic rings. The fourth-order valence-corrected chi connectivity index (χ4v) is 3.63. The maximum Gasteiger partial charge on any atom is 0.242 e. The van der Waals surface area contributed by atoms with Crippen LogP contribution in [0.4, 0.5) is 0 Å². The predicted molar refractivity (Wildman–Crippen MR) is 114 cm³/mol. The summed E-state index contributed by atoms with van der Waals surface area (Å²) in [5.74, 6) is -0.112. The molecule has 0 radical (unpaired) electrons. The van der Waals surface area contributed by atoms with Crippen molar-refractivity contribution in [2.45, 2.75) is 60.0 Å². The number of amides is 2. The van der Waals surface area contributed by atoms with Gasteiger partial charge >= 0.3 is 0 Å². The van der Waals surface area contributed by atoms with Crippen molar-refractivity contribution in [3.8, 4) is 0 Å². The average molecular weight is 381 g/mol. The second-order valence-corrected chi connectivity index (χ2v) is 7.44. The van der Waals surface area contributed by atoms with Gasteiger partial charge < -0.3 is 10.2 Å². The Hall–Kier alpha value is -2.62. The van der Waals surface area contributed by atoms with Crippen LogP contribution in [0.1, 0.15) is 48.1 Å². The number of carbonyl (C=O) groups is 2. The van der Waals surface area contributed by atoms with E-state index in [-0.39, 0.29) is 11.8 Å². The van der Waals surface area contributed by atoms with E-state index in [1.807, 2.05) is 71.0 Å². The van der Waals surface area contributed by atoms with Crippen LogP contribution >= 0.6 is 0 Å². The van der Waals surface area contributed by atoms with E-state index in [0.29, 0.717) is 25.9 Å². The van der Waals surface area contributed by atoms with E-state index in [9.17, 15) is 9.59 Å². The summed E-state index contributed by atoms with van der Waals surface area (Å²) in [6.45, 7) is 11.0. The summed E-state index contributed by atoms with van der Waals surface area (Å²) in [6.07, 6.45) is 0.876. The van der Waals surface area contributed by atoms with Gasteiger partial charge in [-0.3, -0.25) is 9.59 Å². The highest BCUT2D eigenvalue weighted by atomic mass is 16.2. The van der Waals surface area contributed by atoms with Crippen molar-refractivity contribution in [3.63, 3.8) is 0 Å². The molecule has 150 valence electrons. The van der Waals surface area contributed by atoms with Gasteiger partial charge in [0, 0.05) is 13.1 Å². The van der Waals surface area contributed by atoms with Gasteiger partial charge in [0.15, 0.2) is 0 Å². The summed E-state index contributed by atoms with van der Waals surface area (Å²) in [5, 5.41) is 2.88. The Bertz CT molecular complexity index is 809. The lowest BCUT2D eigenvalue weighted by Gasteiger charge is -2.31. The van der Waals surface area contributed by atoms with Gasteiger partial charge in [-0.15, -0.1) is 0 Å². The van der Waals surface area contributed by atoms with Crippen LogP contribution in [0.15, 0.2) is 42.5 Å². The van der Waals surface area contributed by atoms with Crippen molar-refractivity contribution >= 4 is 11.8 Å². The van der Waals surface area contributed by atoms with E-state index in [4.69, 9.17) is 0 Å². The number of nitrogens with one attached hydrogen (secondary N) is 1. The quantitative estimate of drug-likeness (QED) is 0.750. The van der Waals surface area contributed by atoms with Crippen LogP contribution in [0.25, 0.3) is 0 Å². The minimum atomic E-state index is -0.474. The number of carbonyl (C=O) groups excluding carboxylic acids is 2. The summed E-state index contributed by atoms with van der Waals surface area (Å²) in [4.78, 5) is 27.7. The molecular weight excluding hydrogens is 348 g/mol. The van der Waals surface area contributed by atoms with E-state index in [1.54, 1.807) is 4.90 Å². The van der Waals surface area contributed by atoms with Gasteiger partial charge in [0.1, 0.15) is 6.04 Å². The third kappa shape index (κ3) is 5.69. The van der Waals surface area contributed by atoms with E-state index in [2.05, 4.69) is 11.4 Å². The highest BCUT2D eigenvalue weighted by Crippen LogP contribution is 2.18. The zero-order valence-corrected chi connectivity index (χ0v) is 17.7. The smallest absolute Gasteiger partial charge is 0.242 e. The molecule has 0 unspecified atom stereocenters. The summed E-state index contributed by atoms with van der Waals surface area (Å²) in [6, 6.07) is 13.7. The molecule has 0 fully saturated rings. The van der Waals surface area contributed by atoms with Gasteiger partial charge in [0.2, 0.25) is 11.8 Å². The fourth-order valence-electron chi connectivity index (χ4n) is 3.63. The van der Waals surface area contributed by atoms with Crippen molar-refractivity contribution in [3.05, 3.63) is 70.3 Å². The molecule has 0 bridgehead atoms. The van der Waals surface area contributed by atoms with Crippen LogP contribution < -0.4 is 5.32 Å². The molecule has 2 rings (SSSR count). The second kappa shape index (κ2) is 10.1. The largest absolute Gasteiger partial charge is 0.355 e. The van der Waals surface area contributed by atoms with Crippen LogP contribution in [-0.2, 0) is 22.6 Å². The lowest BCUT2D eigenvalue weighted by atomic mass is 10.0. The SMILES string of the molecule is CCNC(=O)[C@H](CC)N(Cc1ccccc1C)C(=O)Cc1cc(C)cc(C)c1. The Kier molecular flexibility index (Phi) is 7.80. The topological polar surface area (TPSA) is 49.4 Å². The molecule has 0 aliphatic carbocycles. The van der Waals surface area contributed by atoms with Crippen molar-refractivity contribution in [2.24, 2.45) is 0 Å². The van der Waals surface area contributed by atoms with Crippen LogP contribution in [0, 0.1) is 20.8 Å². The lowest BCUT2D eigenvalue weighted by molar-refractivity contribution is -0.140. The second-order valence-electron chi connectivity index (χ2n) is 7.44. The molecule has 2 aromatic rings. The highest BCUT2D eigenvalue weighted by Gasteiger charge is 2.28. The van der Waals surface area contributed by atoms with Gasteiger partial charge in [0.25, 0.3) is 0 Å². The molecule has 0 saturated carbocycles. The minimum absolute atomic E-state index is 0.0219. The first-order valence-electron chi connectivity index (χ1n) is 10.0. The Balaban J connectivity index is 2.33. The number of rotatable bonds is 8. The molecule has 4 heteroatoms. The standard InChI is InChI=1S/C24H32N2O2/c1-6-22(24(28)25-7-2)26(16-21-11-9-8-10-19(21)5)23(27)15-20-13-17(3)12-18(4)14-20/h8-14,22H,6-7,15-16H2,1-5H3,(H,25,28)/t22-/m0/s1. The van der Waals surface area contributed by atoms with Crippen molar-refractivity contribution in [1.82, 2.24) is 10.2 Å². The van der Waals surface area contributed by atoms with E-state index in [0.717, 1.165) is 27.8 Å². The first kappa shape index (κ1) is 21.7. The molecule has 1 N–H and O–H groups in total. The van der Waals surface area contributed by atoms with E-state index in [1.165, 1.54) is 0 Å². The Morgan fingerprint density at radius 3 is 2.21 bits per heavy atom. The van der Waals surface area contributed by atoms with Gasteiger partial charge in [-0.05, 0) is 50.8 Å². The predicted octanol–water partition coefficient (Wildman–Crippen LogP) is 4.10. The minimum Gasteiger partial charge on any atom is -0.355 e. The third-order valence-corrected chi connectivity index (χ3v) is 4.98. The first-order chi connectivity index (χ1) is 13.3. The zero-order chi connectivity index (χ0) is 20.7. The van der Waals surface area contributed by atoms with Crippen LogP contribution in [0.5, 0.6) is 0 Å². The Labute approximate surface area is 169 Å². The van der Waals surface area contributed by atoms with Crippen LogP contribution in [0.3, 0.4) is 0 Å². The first-order valence-corrected chi connectivity index (χ1v) is 10.0. The molecule has 1 atom stereocenters. The molecule has 28 heavy (non-hydrogen) atoms. The number of nitrogens with zero attached hydrogens (tertiary/aromatic N) is 1. The fraction of sp³-hybridized carbons (Fsp3) is 0.417. The molecule has 0 spiro atoms. The van der Waals surface area contributed by atoms with E-state index >= 15 is 0 Å². The Morgan fingerprint density at radius 1 is 1.00 bits per heavy atom. The summed E-state index contributed by atoms with van der Waals surface area (Å²) in [5.41, 5.74) is 5.47. The number of hydrogen-bond donors (Lipinski definition) is 1. The molecule has 0 saturated heterocycles. The normalized spacial score (nSPS) is 11.8. The monoisotopic (exact) mass is 380 g/mol. The average Bonchev–Trinajstić information content (AvgIpc) is 2.62. The summed E-state index contributed by atoms with van der Waals surface area (Å²) < 4.78 is 0. The van der Waals surface area contributed by atoms with Gasteiger partial charge in [-0.25, -0.2) is 0 Å². The maximum absolute atomic E-state index is 13.3. The van der Waals surface area contributed by atoms with Crippen molar-refractivity contribution < 1.29 is 9.59 Å². The molecule has 0 aliphatic heterocycles. The Morgan fingerprint density at radius 2 is 1.64 bits per heavy atom. The van der Waals surface area contributed by atoms with Crippen molar-refractivity contribution in [1.29, 1.82) is 0 Å². The maximum atomic E-state index is 13.3. The van der Waals surface area contributed by atoms with Gasteiger partial charge in [-0.1, -0.05) is 60.5 Å². The number of benzene rings is 2. The van der Waals surface area contributed by atoms with E-state index < -0.39 is 6.04 Å². The molecular formula is C24H32N2O2. The van der Waals surface area contributed by atoms with Gasteiger partial charge in [-0.2, -0.15) is 0 Å². The number of aryl methyl sites for hydroxylation is 3. The summed E-state index contributed by atoms with van der Waals surface area (Å²) >= 11 is 0. The molecule has 2 aromatic carbocycles. The molecule has 0 aromatic heterocycles. The van der Waals surface area contributed by atoms with Crippen LogP contribution in [0.2, 0.25) is 0 Å². The number of likely N-dealkylation sites (N-methyl/N-ethyl adjacent to an activating group) is 1.